The van der Waals surface area contributed by atoms with Crippen LogP contribution < -0.4 is 10.6 Å². The van der Waals surface area contributed by atoms with Crippen molar-refractivity contribution in [1.82, 2.24) is 15.5 Å². The molecule has 1 atom stereocenters. The summed E-state index contributed by atoms with van der Waals surface area (Å²) < 4.78 is 28.1. The average molecular weight is 405 g/mol. The van der Waals surface area contributed by atoms with Crippen LogP contribution in [0.15, 0.2) is 4.99 Å². The second-order valence-corrected chi connectivity index (χ2v) is 10.4. The Morgan fingerprint density at radius 3 is 2.44 bits per heavy atom. The number of carbonyl (C=O) groups is 1. The standard InChI is InChI=1S/C18H36N4O4S/c1-7-19-16(21-14(2)10-13-27(6,24)25)20-11-12-22(15-8-9-15)17(23)26-18(3,4)5/h14-15H,7-13H2,1-6H3,(H2,19,20,21). The van der Waals surface area contributed by atoms with Gasteiger partial charge in [0.05, 0.1) is 12.3 Å². The van der Waals surface area contributed by atoms with Gasteiger partial charge in [0.25, 0.3) is 0 Å². The summed E-state index contributed by atoms with van der Waals surface area (Å²) in [6, 6.07) is 0.224. The fourth-order valence-corrected chi connectivity index (χ4v) is 3.20. The van der Waals surface area contributed by atoms with Crippen molar-refractivity contribution in [2.75, 3.05) is 31.6 Å². The first kappa shape index (κ1) is 23.5. The maximum absolute atomic E-state index is 12.4. The van der Waals surface area contributed by atoms with Crippen LogP contribution in [0.1, 0.15) is 53.9 Å². The zero-order valence-corrected chi connectivity index (χ0v) is 18.4. The highest BCUT2D eigenvalue weighted by Gasteiger charge is 2.34. The maximum Gasteiger partial charge on any atom is 0.410 e. The van der Waals surface area contributed by atoms with Crippen molar-refractivity contribution in [3.05, 3.63) is 0 Å². The van der Waals surface area contributed by atoms with Gasteiger partial charge < -0.3 is 20.3 Å². The molecule has 0 saturated heterocycles. The van der Waals surface area contributed by atoms with Gasteiger partial charge in [0, 0.05) is 31.4 Å². The molecule has 0 radical (unpaired) electrons. The molecule has 2 N–H and O–H groups in total. The van der Waals surface area contributed by atoms with Crippen molar-refractivity contribution in [3.63, 3.8) is 0 Å². The summed E-state index contributed by atoms with van der Waals surface area (Å²) in [5.74, 6) is 0.757. The van der Waals surface area contributed by atoms with E-state index in [1.807, 2.05) is 34.6 Å². The van der Waals surface area contributed by atoms with Crippen molar-refractivity contribution in [1.29, 1.82) is 0 Å². The Balaban J connectivity index is 2.58. The second-order valence-electron chi connectivity index (χ2n) is 8.13. The molecule has 9 heteroatoms. The van der Waals surface area contributed by atoms with Crippen LogP contribution in [0, 0.1) is 0 Å². The molecule has 158 valence electrons. The fraction of sp³-hybridized carbons (Fsp3) is 0.889. The predicted octanol–water partition coefficient (Wildman–Crippen LogP) is 1.76. The average Bonchev–Trinajstić information content (AvgIpc) is 3.31. The van der Waals surface area contributed by atoms with Gasteiger partial charge >= 0.3 is 6.09 Å². The number of carbonyl (C=O) groups excluding carboxylic acids is 1. The largest absolute Gasteiger partial charge is 0.444 e. The zero-order chi connectivity index (χ0) is 20.7. The fourth-order valence-electron chi connectivity index (χ4n) is 2.42. The van der Waals surface area contributed by atoms with E-state index in [1.54, 1.807) is 4.90 Å². The number of hydrogen-bond donors (Lipinski definition) is 2. The highest BCUT2D eigenvalue weighted by atomic mass is 32.2. The summed E-state index contributed by atoms with van der Waals surface area (Å²) >= 11 is 0. The molecule has 27 heavy (non-hydrogen) atoms. The lowest BCUT2D eigenvalue weighted by Crippen LogP contribution is -2.44. The Hall–Kier alpha value is -1.51. The number of amides is 1. The smallest absolute Gasteiger partial charge is 0.410 e. The summed E-state index contributed by atoms with van der Waals surface area (Å²) in [6.45, 7) is 11.1. The molecule has 8 nitrogen and oxygen atoms in total. The van der Waals surface area contributed by atoms with Gasteiger partial charge in [0.15, 0.2) is 5.96 Å². The van der Waals surface area contributed by atoms with E-state index < -0.39 is 15.4 Å². The molecule has 0 aliphatic heterocycles. The number of hydrogen-bond acceptors (Lipinski definition) is 5. The lowest BCUT2D eigenvalue weighted by molar-refractivity contribution is 0.0240. The maximum atomic E-state index is 12.4. The third-order valence-corrected chi connectivity index (χ3v) is 4.85. The predicted molar refractivity (Wildman–Crippen MR) is 109 cm³/mol. The van der Waals surface area contributed by atoms with E-state index in [-0.39, 0.29) is 23.9 Å². The zero-order valence-electron chi connectivity index (χ0n) is 17.5. The van der Waals surface area contributed by atoms with Crippen molar-refractivity contribution in [2.45, 2.75) is 71.6 Å². The SMILES string of the molecule is CCNC(=NCCN(C(=O)OC(C)(C)C)C1CC1)NC(C)CCS(C)(=O)=O. The summed E-state index contributed by atoms with van der Waals surface area (Å²) in [7, 11) is -2.98. The Kier molecular flexibility index (Phi) is 8.84. The van der Waals surface area contributed by atoms with Gasteiger partial charge in [0.1, 0.15) is 15.4 Å². The van der Waals surface area contributed by atoms with Gasteiger partial charge in [-0.2, -0.15) is 0 Å². The number of rotatable bonds is 9. The normalized spacial score (nSPS) is 16.6. The van der Waals surface area contributed by atoms with Gasteiger partial charge in [-0.15, -0.1) is 0 Å². The highest BCUT2D eigenvalue weighted by molar-refractivity contribution is 7.90. The van der Waals surface area contributed by atoms with E-state index in [0.29, 0.717) is 32.0 Å². The van der Waals surface area contributed by atoms with Crippen LogP contribution >= 0.6 is 0 Å². The number of aliphatic imine (C=N–C) groups is 1. The van der Waals surface area contributed by atoms with Gasteiger partial charge in [-0.3, -0.25) is 4.99 Å². The third-order valence-electron chi connectivity index (χ3n) is 3.88. The first-order chi connectivity index (χ1) is 12.4. The first-order valence-electron chi connectivity index (χ1n) is 9.63. The van der Waals surface area contributed by atoms with E-state index >= 15 is 0 Å². The van der Waals surface area contributed by atoms with Gasteiger partial charge in [-0.1, -0.05) is 0 Å². The summed E-state index contributed by atoms with van der Waals surface area (Å²) in [5, 5.41) is 6.37. The van der Waals surface area contributed by atoms with Crippen LogP contribution in [-0.4, -0.2) is 74.7 Å². The molecule has 0 heterocycles. The van der Waals surface area contributed by atoms with Crippen LogP contribution in [0.4, 0.5) is 4.79 Å². The quantitative estimate of drug-likeness (QED) is 0.449. The summed E-state index contributed by atoms with van der Waals surface area (Å²) in [6.07, 6.45) is 3.46. The number of guanidine groups is 1. The van der Waals surface area contributed by atoms with Crippen LogP contribution in [0.3, 0.4) is 0 Å². The lowest BCUT2D eigenvalue weighted by atomic mass is 10.2. The summed E-state index contributed by atoms with van der Waals surface area (Å²) in [5.41, 5.74) is -0.515. The van der Waals surface area contributed by atoms with E-state index in [9.17, 15) is 13.2 Å². The third kappa shape index (κ3) is 11.0. The molecular formula is C18H36N4O4S. The molecule has 1 amide bonds. The lowest BCUT2D eigenvalue weighted by Gasteiger charge is -2.27. The minimum atomic E-state index is -2.98. The summed E-state index contributed by atoms with van der Waals surface area (Å²) in [4.78, 5) is 18.6. The Morgan fingerprint density at radius 2 is 1.96 bits per heavy atom. The number of ether oxygens (including phenoxy) is 1. The Labute approximate surface area is 164 Å². The molecular weight excluding hydrogens is 368 g/mol. The molecule has 1 rings (SSSR count). The van der Waals surface area contributed by atoms with E-state index in [2.05, 4.69) is 15.6 Å². The van der Waals surface area contributed by atoms with E-state index in [0.717, 1.165) is 12.8 Å². The highest BCUT2D eigenvalue weighted by Crippen LogP contribution is 2.28. The van der Waals surface area contributed by atoms with Gasteiger partial charge in [0.2, 0.25) is 0 Å². The molecule has 1 fully saturated rings. The van der Waals surface area contributed by atoms with Crippen LogP contribution in [-0.2, 0) is 14.6 Å². The van der Waals surface area contributed by atoms with Crippen LogP contribution in [0.5, 0.6) is 0 Å². The van der Waals surface area contributed by atoms with Gasteiger partial charge in [-0.25, -0.2) is 13.2 Å². The minimum Gasteiger partial charge on any atom is -0.444 e. The molecule has 0 aromatic rings. The molecule has 1 aliphatic rings. The molecule has 0 aromatic heterocycles. The second kappa shape index (κ2) is 10.1. The van der Waals surface area contributed by atoms with Crippen LogP contribution in [0.25, 0.3) is 0 Å². The molecule has 1 unspecified atom stereocenters. The van der Waals surface area contributed by atoms with Crippen molar-refractivity contribution in [3.8, 4) is 0 Å². The monoisotopic (exact) mass is 404 g/mol. The van der Waals surface area contributed by atoms with Crippen LogP contribution in [0.2, 0.25) is 0 Å². The van der Waals surface area contributed by atoms with Gasteiger partial charge in [-0.05, 0) is 53.9 Å². The number of nitrogens with one attached hydrogen (secondary N) is 2. The molecule has 1 saturated carbocycles. The van der Waals surface area contributed by atoms with E-state index in [1.165, 1.54) is 6.26 Å². The number of nitrogens with zero attached hydrogens (tertiary/aromatic N) is 2. The topological polar surface area (TPSA) is 100 Å². The van der Waals surface area contributed by atoms with Crippen molar-refractivity contribution in [2.24, 2.45) is 4.99 Å². The molecule has 1 aliphatic carbocycles. The minimum absolute atomic E-state index is 0.0251. The van der Waals surface area contributed by atoms with Crippen molar-refractivity contribution < 1.29 is 17.9 Å². The molecule has 0 spiro atoms. The number of sulfone groups is 1. The molecule has 0 bridgehead atoms. The Morgan fingerprint density at radius 1 is 1.33 bits per heavy atom. The Bertz CT molecular complexity index is 609. The van der Waals surface area contributed by atoms with E-state index in [4.69, 9.17) is 4.74 Å². The van der Waals surface area contributed by atoms with Crippen molar-refractivity contribution >= 4 is 21.9 Å². The first-order valence-corrected chi connectivity index (χ1v) is 11.7. The molecule has 0 aromatic carbocycles.